The Morgan fingerprint density at radius 3 is 1.82 bits per heavy atom. The van der Waals surface area contributed by atoms with E-state index in [9.17, 15) is 4.79 Å². The van der Waals surface area contributed by atoms with E-state index >= 15 is 0 Å². The van der Waals surface area contributed by atoms with Crippen molar-refractivity contribution in [1.82, 2.24) is 0 Å². The number of carbonyl (C=O) groups is 1. The summed E-state index contributed by atoms with van der Waals surface area (Å²) in [7, 11) is 0. The third-order valence-electron chi connectivity index (χ3n) is 5.77. The van der Waals surface area contributed by atoms with Crippen LogP contribution in [0.1, 0.15) is 94.7 Å². The fraction of sp³-hybridized carbons (Fsp3) is 0.516. The first-order valence-corrected chi connectivity index (χ1v) is 12.9. The van der Waals surface area contributed by atoms with Crippen molar-refractivity contribution in [3.05, 3.63) is 77.4 Å². The van der Waals surface area contributed by atoms with Crippen LogP contribution in [0.4, 0.5) is 0 Å². The first-order valence-electron chi connectivity index (χ1n) is 12.9. The fourth-order valence-corrected chi connectivity index (χ4v) is 3.86. The molecule has 33 heavy (non-hydrogen) atoms. The second kappa shape index (κ2) is 18.1. The van der Waals surface area contributed by atoms with E-state index in [1.165, 1.54) is 31.2 Å². The Labute approximate surface area is 203 Å². The second-order valence-corrected chi connectivity index (χ2v) is 8.92. The van der Waals surface area contributed by atoms with Gasteiger partial charge in [-0.25, -0.2) is 0 Å². The number of esters is 1. The molecule has 0 aliphatic rings. The Morgan fingerprint density at radius 1 is 0.788 bits per heavy atom. The molecule has 0 heterocycles. The zero-order valence-corrected chi connectivity index (χ0v) is 21.7. The Morgan fingerprint density at radius 2 is 1.30 bits per heavy atom. The summed E-state index contributed by atoms with van der Waals surface area (Å²) in [6.45, 7) is 10.4. The van der Waals surface area contributed by atoms with Crippen molar-refractivity contribution in [3.63, 3.8) is 0 Å². The van der Waals surface area contributed by atoms with Gasteiger partial charge in [0.25, 0.3) is 0 Å². The molecule has 1 rings (SSSR count). The summed E-state index contributed by atoms with van der Waals surface area (Å²) < 4.78 is 5.78. The number of rotatable bonds is 16. The van der Waals surface area contributed by atoms with Crippen molar-refractivity contribution < 1.29 is 9.53 Å². The highest BCUT2D eigenvalue weighted by Gasteiger charge is 2.19. The average molecular weight is 451 g/mol. The van der Waals surface area contributed by atoms with E-state index in [0.29, 0.717) is 0 Å². The van der Waals surface area contributed by atoms with Gasteiger partial charge in [-0.3, -0.25) is 4.79 Å². The predicted molar refractivity (Wildman–Crippen MR) is 144 cm³/mol. The number of unbranched alkanes of at least 4 members (excludes halogenated alkanes) is 3. The zero-order valence-electron chi connectivity index (χ0n) is 21.7. The Hall–Kier alpha value is -2.35. The molecule has 0 aromatic heterocycles. The maximum atomic E-state index is 12.7. The monoisotopic (exact) mass is 450 g/mol. The van der Waals surface area contributed by atoms with Gasteiger partial charge >= 0.3 is 5.97 Å². The molecule has 0 radical (unpaired) electrons. The number of hydrogen-bond donors (Lipinski definition) is 0. The van der Waals surface area contributed by atoms with Crippen LogP contribution >= 0.6 is 0 Å². The molecular formula is C31H46O2. The molecule has 1 aromatic carbocycles. The highest BCUT2D eigenvalue weighted by atomic mass is 16.5. The van der Waals surface area contributed by atoms with Gasteiger partial charge in [0.2, 0.25) is 0 Å². The number of benzene rings is 1. The van der Waals surface area contributed by atoms with E-state index in [1.54, 1.807) is 0 Å². The van der Waals surface area contributed by atoms with Gasteiger partial charge in [-0.15, -0.1) is 0 Å². The first kappa shape index (κ1) is 28.7. The van der Waals surface area contributed by atoms with E-state index in [2.05, 4.69) is 81.5 Å². The summed E-state index contributed by atoms with van der Waals surface area (Å²) in [4.78, 5) is 12.7. The molecule has 0 fully saturated rings. The highest BCUT2D eigenvalue weighted by Crippen LogP contribution is 2.26. The standard InChI is InChI=1S/C31H46O2/c1-6-8-9-10-11-12-13-14-15-16-17-18-19-20-21-22-23-29(7-2)31(32)33-30-27(4)24-26(3)25-28(30)5/h11-12,14-15,17-18,20-21,24-25,29H,6-10,13,16,19,22-23H2,1-5H3. The minimum Gasteiger partial charge on any atom is -0.426 e. The van der Waals surface area contributed by atoms with Gasteiger partial charge in [-0.1, -0.05) is 93.0 Å². The number of allylic oxidation sites excluding steroid dienone is 8. The predicted octanol–water partition coefficient (Wildman–Crippen LogP) is 9.30. The number of hydrogen-bond acceptors (Lipinski definition) is 2. The smallest absolute Gasteiger partial charge is 0.314 e. The van der Waals surface area contributed by atoms with Crippen LogP contribution in [0.2, 0.25) is 0 Å². The molecule has 0 saturated carbocycles. The van der Waals surface area contributed by atoms with Crippen LogP contribution in [-0.2, 0) is 4.79 Å². The maximum absolute atomic E-state index is 12.7. The van der Waals surface area contributed by atoms with Gasteiger partial charge in [0.05, 0.1) is 5.92 Å². The largest absolute Gasteiger partial charge is 0.426 e. The molecule has 0 amide bonds. The van der Waals surface area contributed by atoms with Crippen LogP contribution < -0.4 is 4.74 Å². The summed E-state index contributed by atoms with van der Waals surface area (Å²) in [5.41, 5.74) is 3.24. The van der Waals surface area contributed by atoms with E-state index in [1.807, 2.05) is 13.8 Å². The molecule has 1 aromatic rings. The van der Waals surface area contributed by atoms with E-state index in [-0.39, 0.29) is 11.9 Å². The molecule has 2 heteroatoms. The Balaban J connectivity index is 2.24. The van der Waals surface area contributed by atoms with Crippen molar-refractivity contribution in [1.29, 1.82) is 0 Å². The summed E-state index contributed by atoms with van der Waals surface area (Å²) in [5, 5.41) is 0. The van der Waals surface area contributed by atoms with Gasteiger partial charge in [0.1, 0.15) is 5.75 Å². The van der Waals surface area contributed by atoms with Gasteiger partial charge in [0.15, 0.2) is 0 Å². The third kappa shape index (κ3) is 13.1. The lowest BCUT2D eigenvalue weighted by molar-refractivity contribution is -0.139. The van der Waals surface area contributed by atoms with Crippen LogP contribution in [0.3, 0.4) is 0 Å². The topological polar surface area (TPSA) is 26.3 Å². The molecule has 2 nitrogen and oxygen atoms in total. The third-order valence-corrected chi connectivity index (χ3v) is 5.77. The van der Waals surface area contributed by atoms with E-state index < -0.39 is 0 Å². The van der Waals surface area contributed by atoms with Crippen molar-refractivity contribution in [2.75, 3.05) is 0 Å². The van der Waals surface area contributed by atoms with Crippen molar-refractivity contribution in [2.24, 2.45) is 5.92 Å². The molecule has 0 bridgehead atoms. The number of ether oxygens (including phenoxy) is 1. The summed E-state index contributed by atoms with van der Waals surface area (Å²) in [6.07, 6.45) is 28.4. The molecule has 0 aliphatic carbocycles. The van der Waals surface area contributed by atoms with Crippen LogP contribution in [0.5, 0.6) is 5.75 Å². The molecule has 1 unspecified atom stereocenters. The lowest BCUT2D eigenvalue weighted by atomic mass is 10.00. The lowest BCUT2D eigenvalue weighted by Crippen LogP contribution is -2.20. The first-order chi connectivity index (χ1) is 16.0. The van der Waals surface area contributed by atoms with Crippen molar-refractivity contribution >= 4 is 5.97 Å². The fourth-order valence-electron chi connectivity index (χ4n) is 3.86. The van der Waals surface area contributed by atoms with E-state index in [0.717, 1.165) is 55.4 Å². The van der Waals surface area contributed by atoms with Crippen molar-refractivity contribution in [3.8, 4) is 5.75 Å². The summed E-state index contributed by atoms with van der Waals surface area (Å²) >= 11 is 0. The molecule has 182 valence electrons. The van der Waals surface area contributed by atoms with Crippen LogP contribution in [0.15, 0.2) is 60.7 Å². The Bertz CT molecular complexity index is 772. The molecule has 1 atom stereocenters. The van der Waals surface area contributed by atoms with Gasteiger partial charge < -0.3 is 4.74 Å². The minimum atomic E-state index is -0.108. The van der Waals surface area contributed by atoms with Crippen LogP contribution in [-0.4, -0.2) is 5.97 Å². The average Bonchev–Trinajstić information content (AvgIpc) is 2.78. The van der Waals surface area contributed by atoms with E-state index in [4.69, 9.17) is 4.74 Å². The molecule has 0 saturated heterocycles. The molecule has 0 spiro atoms. The normalized spacial score (nSPS) is 13.1. The van der Waals surface area contributed by atoms with Gasteiger partial charge in [-0.05, 0) is 83.3 Å². The summed E-state index contributed by atoms with van der Waals surface area (Å²) in [5.74, 6) is 0.557. The molecular weight excluding hydrogens is 404 g/mol. The lowest BCUT2D eigenvalue weighted by Gasteiger charge is -2.16. The number of aryl methyl sites for hydroxylation is 3. The van der Waals surface area contributed by atoms with Crippen LogP contribution in [0.25, 0.3) is 0 Å². The molecule has 0 N–H and O–H groups in total. The summed E-state index contributed by atoms with van der Waals surface area (Å²) in [6, 6.07) is 4.13. The molecule has 0 aliphatic heterocycles. The van der Waals surface area contributed by atoms with Gasteiger partial charge in [-0.2, -0.15) is 0 Å². The zero-order chi connectivity index (χ0) is 24.3. The van der Waals surface area contributed by atoms with Gasteiger partial charge in [0, 0.05) is 0 Å². The highest BCUT2D eigenvalue weighted by molar-refractivity contribution is 5.76. The second-order valence-electron chi connectivity index (χ2n) is 8.92. The SMILES string of the molecule is CCCCCC=CCC=CCC=CCC=CCCC(CC)C(=O)Oc1c(C)cc(C)cc1C. The quantitative estimate of drug-likeness (QED) is 0.108. The van der Waals surface area contributed by atoms with Crippen molar-refractivity contribution in [2.45, 2.75) is 98.8 Å². The minimum absolute atomic E-state index is 0.0591. The number of carbonyl (C=O) groups excluding carboxylic acids is 1. The Kier molecular flexibility index (Phi) is 15.7. The van der Waals surface area contributed by atoms with Crippen LogP contribution in [0, 0.1) is 26.7 Å². The maximum Gasteiger partial charge on any atom is 0.314 e.